The molecule has 0 heterocycles. The fraction of sp³-hybridized carbons (Fsp3) is 0.727. The largest absolute Gasteiger partial charge is 0.388 e. The summed E-state index contributed by atoms with van der Waals surface area (Å²) in [7, 11) is 0. The first kappa shape index (κ1) is 13.9. The zero-order valence-corrected chi connectivity index (χ0v) is 9.85. The molecule has 0 radical (unpaired) electrons. The lowest BCUT2D eigenvalue weighted by atomic mass is 9.86. The molecule has 0 aliphatic rings. The van der Waals surface area contributed by atoms with Gasteiger partial charge in [-0.25, -0.2) is 0 Å². The van der Waals surface area contributed by atoms with Gasteiger partial charge in [0.1, 0.15) is 0 Å². The summed E-state index contributed by atoms with van der Waals surface area (Å²) in [5.74, 6) is 2.19. The Morgan fingerprint density at radius 1 is 1.40 bits per heavy atom. The highest BCUT2D eigenvalue weighted by Crippen LogP contribution is 2.19. The van der Waals surface area contributed by atoms with Crippen LogP contribution in [0, 0.1) is 12.3 Å². The van der Waals surface area contributed by atoms with Crippen molar-refractivity contribution in [3.8, 4) is 12.3 Å². The predicted octanol–water partition coefficient (Wildman–Crippen LogP) is -0.125. The normalized spacial score (nSPS) is 12.0. The molecule has 86 valence electrons. The van der Waals surface area contributed by atoms with E-state index in [9.17, 15) is 9.90 Å². The Labute approximate surface area is 91.4 Å². The fourth-order valence-electron chi connectivity index (χ4n) is 0.794. The Kier molecular flexibility index (Phi) is 4.79. The van der Waals surface area contributed by atoms with Crippen LogP contribution in [-0.4, -0.2) is 35.2 Å². The monoisotopic (exact) mass is 212 g/mol. The molecule has 0 saturated carbocycles. The van der Waals surface area contributed by atoms with Crippen LogP contribution in [0.4, 0.5) is 0 Å². The van der Waals surface area contributed by atoms with Gasteiger partial charge in [0.05, 0.1) is 24.2 Å². The van der Waals surface area contributed by atoms with Gasteiger partial charge in [0.25, 0.3) is 0 Å². The van der Waals surface area contributed by atoms with Crippen LogP contribution >= 0.6 is 0 Å². The molecule has 0 bridgehead atoms. The van der Waals surface area contributed by atoms with E-state index >= 15 is 0 Å². The van der Waals surface area contributed by atoms with Crippen molar-refractivity contribution in [2.75, 3.05) is 13.1 Å². The highest BCUT2D eigenvalue weighted by molar-refractivity contribution is 5.79. The smallest absolute Gasteiger partial charge is 0.234 e. The summed E-state index contributed by atoms with van der Waals surface area (Å²) in [6, 6.07) is 0. The van der Waals surface area contributed by atoms with Gasteiger partial charge in [-0.3, -0.25) is 10.1 Å². The summed E-state index contributed by atoms with van der Waals surface area (Å²) in [6.07, 6.45) is 5.03. The topological polar surface area (TPSA) is 61.4 Å². The second-order valence-corrected chi connectivity index (χ2v) is 4.54. The van der Waals surface area contributed by atoms with E-state index in [-0.39, 0.29) is 12.5 Å². The molecule has 0 aromatic heterocycles. The van der Waals surface area contributed by atoms with E-state index in [4.69, 9.17) is 6.42 Å². The van der Waals surface area contributed by atoms with Crippen molar-refractivity contribution in [3.63, 3.8) is 0 Å². The number of hydrogen-bond donors (Lipinski definition) is 3. The van der Waals surface area contributed by atoms with Gasteiger partial charge in [-0.1, -0.05) is 5.92 Å². The first-order chi connectivity index (χ1) is 6.70. The van der Waals surface area contributed by atoms with E-state index in [0.717, 1.165) is 0 Å². The maximum atomic E-state index is 11.4. The predicted molar refractivity (Wildman–Crippen MR) is 60.2 cm³/mol. The number of aliphatic hydroxyl groups is 1. The second-order valence-electron chi connectivity index (χ2n) is 4.54. The first-order valence-electron chi connectivity index (χ1n) is 4.88. The van der Waals surface area contributed by atoms with Crippen molar-refractivity contribution in [1.82, 2.24) is 10.6 Å². The summed E-state index contributed by atoms with van der Waals surface area (Å²) in [5.41, 5.74) is -1.66. The van der Waals surface area contributed by atoms with Crippen LogP contribution in [0.25, 0.3) is 0 Å². The number of terminal acetylenes is 1. The molecular weight excluding hydrogens is 192 g/mol. The van der Waals surface area contributed by atoms with Gasteiger partial charge >= 0.3 is 0 Å². The Morgan fingerprint density at radius 2 is 1.93 bits per heavy atom. The van der Waals surface area contributed by atoms with Gasteiger partial charge in [0.15, 0.2) is 0 Å². The molecular formula is C11H20N2O2. The quantitative estimate of drug-likeness (QED) is 0.439. The van der Waals surface area contributed by atoms with Crippen molar-refractivity contribution < 1.29 is 9.90 Å². The Balaban J connectivity index is 4.13. The van der Waals surface area contributed by atoms with Gasteiger partial charge in [-0.2, -0.15) is 0 Å². The second kappa shape index (κ2) is 5.15. The third-order valence-corrected chi connectivity index (χ3v) is 2.49. The van der Waals surface area contributed by atoms with E-state index in [2.05, 4.69) is 16.6 Å². The molecule has 0 unspecified atom stereocenters. The minimum absolute atomic E-state index is 0.156. The van der Waals surface area contributed by atoms with Crippen LogP contribution in [0.15, 0.2) is 0 Å². The molecule has 0 spiro atoms. The SMILES string of the molecule is C#CCNCC(=O)NC(C)(C)C(C)(C)O. The average Bonchev–Trinajstić information content (AvgIpc) is 2.01. The summed E-state index contributed by atoms with van der Waals surface area (Å²) < 4.78 is 0. The third-order valence-electron chi connectivity index (χ3n) is 2.49. The summed E-state index contributed by atoms with van der Waals surface area (Å²) >= 11 is 0. The molecule has 0 saturated heterocycles. The van der Waals surface area contributed by atoms with E-state index in [1.165, 1.54) is 0 Å². The van der Waals surface area contributed by atoms with Gasteiger partial charge in [-0.15, -0.1) is 6.42 Å². The lowest BCUT2D eigenvalue weighted by molar-refractivity contribution is -0.125. The summed E-state index contributed by atoms with van der Waals surface area (Å²) in [4.78, 5) is 11.4. The van der Waals surface area contributed by atoms with Crippen molar-refractivity contribution in [1.29, 1.82) is 0 Å². The molecule has 0 aliphatic heterocycles. The van der Waals surface area contributed by atoms with Crippen LogP contribution in [0.1, 0.15) is 27.7 Å². The lowest BCUT2D eigenvalue weighted by Crippen LogP contribution is -2.59. The van der Waals surface area contributed by atoms with Crippen LogP contribution in [-0.2, 0) is 4.79 Å². The van der Waals surface area contributed by atoms with Crippen LogP contribution in [0.5, 0.6) is 0 Å². The highest BCUT2D eigenvalue weighted by Gasteiger charge is 2.35. The molecule has 4 nitrogen and oxygen atoms in total. The first-order valence-corrected chi connectivity index (χ1v) is 4.88. The van der Waals surface area contributed by atoms with Crippen LogP contribution in [0.2, 0.25) is 0 Å². The summed E-state index contributed by atoms with van der Waals surface area (Å²) in [6.45, 7) is 7.36. The minimum atomic E-state index is -0.977. The van der Waals surface area contributed by atoms with Crippen molar-refractivity contribution in [3.05, 3.63) is 0 Å². The average molecular weight is 212 g/mol. The number of carbonyl (C=O) groups excluding carboxylic acids is 1. The number of rotatable bonds is 5. The number of hydrogen-bond acceptors (Lipinski definition) is 3. The molecule has 4 heteroatoms. The minimum Gasteiger partial charge on any atom is -0.388 e. The van der Waals surface area contributed by atoms with Crippen LogP contribution in [0.3, 0.4) is 0 Å². The third kappa shape index (κ3) is 4.82. The molecule has 0 aliphatic carbocycles. The molecule has 15 heavy (non-hydrogen) atoms. The Hall–Kier alpha value is -1.05. The van der Waals surface area contributed by atoms with E-state index in [1.54, 1.807) is 27.7 Å². The number of nitrogens with one attached hydrogen (secondary N) is 2. The number of amides is 1. The summed E-state index contributed by atoms with van der Waals surface area (Å²) in [5, 5.41) is 15.3. The molecule has 0 fully saturated rings. The van der Waals surface area contributed by atoms with Crippen LogP contribution < -0.4 is 10.6 Å². The van der Waals surface area contributed by atoms with E-state index in [1.807, 2.05) is 0 Å². The van der Waals surface area contributed by atoms with E-state index in [0.29, 0.717) is 6.54 Å². The lowest BCUT2D eigenvalue weighted by Gasteiger charge is -2.38. The van der Waals surface area contributed by atoms with Gasteiger partial charge < -0.3 is 10.4 Å². The van der Waals surface area contributed by atoms with E-state index < -0.39 is 11.1 Å². The van der Waals surface area contributed by atoms with Crippen molar-refractivity contribution >= 4 is 5.91 Å². The fourth-order valence-corrected chi connectivity index (χ4v) is 0.794. The molecule has 3 N–H and O–H groups in total. The number of carbonyl (C=O) groups is 1. The standard InChI is InChI=1S/C11H20N2O2/c1-6-7-12-8-9(14)13-10(2,3)11(4,5)15/h1,12,15H,7-8H2,2-5H3,(H,13,14). The maximum Gasteiger partial charge on any atom is 0.234 e. The van der Waals surface area contributed by atoms with Gasteiger partial charge in [-0.05, 0) is 27.7 Å². The van der Waals surface area contributed by atoms with Crippen molar-refractivity contribution in [2.45, 2.75) is 38.8 Å². The maximum absolute atomic E-state index is 11.4. The van der Waals surface area contributed by atoms with Crippen molar-refractivity contribution in [2.24, 2.45) is 0 Å². The Bertz CT molecular complexity index is 259. The molecule has 0 aromatic carbocycles. The zero-order valence-electron chi connectivity index (χ0n) is 9.85. The van der Waals surface area contributed by atoms with Gasteiger partial charge in [0, 0.05) is 0 Å². The zero-order chi connectivity index (χ0) is 12.1. The highest BCUT2D eigenvalue weighted by atomic mass is 16.3. The molecule has 0 rings (SSSR count). The Morgan fingerprint density at radius 3 is 2.33 bits per heavy atom. The van der Waals surface area contributed by atoms with Gasteiger partial charge in [0.2, 0.25) is 5.91 Å². The molecule has 0 aromatic rings. The molecule has 1 amide bonds. The molecule has 0 atom stereocenters.